The molecule has 0 spiro atoms. The number of halogens is 1. The van der Waals surface area contributed by atoms with Crippen LogP contribution in [0.25, 0.3) is 11.0 Å². The Morgan fingerprint density at radius 1 is 1.10 bits per heavy atom. The van der Waals surface area contributed by atoms with E-state index >= 15 is 0 Å². The number of pyridine rings is 1. The average Bonchev–Trinajstić information content (AvgIpc) is 3.10. The zero-order chi connectivity index (χ0) is 20.0. The Bertz CT molecular complexity index is 1050. The number of fused-ring (bicyclic) bond motifs is 2. The number of aliphatic hydroxyl groups excluding tert-OH is 1. The summed E-state index contributed by atoms with van der Waals surface area (Å²) >= 11 is 6.07. The van der Waals surface area contributed by atoms with Crippen molar-refractivity contribution < 1.29 is 9.84 Å². The average molecular weight is 411 g/mol. The van der Waals surface area contributed by atoms with Crippen LogP contribution in [0.1, 0.15) is 18.7 Å². The van der Waals surface area contributed by atoms with Gasteiger partial charge in [0.25, 0.3) is 0 Å². The van der Waals surface area contributed by atoms with Crippen molar-refractivity contribution >= 4 is 28.5 Å². The second-order valence-electron chi connectivity index (χ2n) is 8.05. The van der Waals surface area contributed by atoms with Gasteiger partial charge in [-0.1, -0.05) is 17.7 Å². The predicted octanol–water partition coefficient (Wildman–Crippen LogP) is 3.64. The fourth-order valence-corrected chi connectivity index (χ4v) is 4.88. The van der Waals surface area contributed by atoms with Gasteiger partial charge in [-0.25, -0.2) is 15.0 Å². The normalized spacial score (nSPS) is 26.5. The summed E-state index contributed by atoms with van der Waals surface area (Å²) < 4.78 is 6.10. The summed E-state index contributed by atoms with van der Waals surface area (Å²) in [6.07, 6.45) is 2.60. The van der Waals surface area contributed by atoms with Gasteiger partial charge in [-0.2, -0.15) is 0 Å². The highest BCUT2D eigenvalue weighted by Crippen LogP contribution is 2.40. The van der Waals surface area contributed by atoms with Gasteiger partial charge in [0.05, 0.1) is 11.5 Å². The summed E-state index contributed by atoms with van der Waals surface area (Å²) in [7, 11) is 0. The van der Waals surface area contributed by atoms with Gasteiger partial charge >= 0.3 is 0 Å². The van der Waals surface area contributed by atoms with Gasteiger partial charge in [0.2, 0.25) is 0 Å². The molecule has 2 aliphatic rings. The SMILES string of the molecule is Cc1nc(N2C[C@H]3C[C@@H](Oc4cccc(Cl)c4)[C@H](O)C[C@H]3C2)c2cccnc2n1. The standard InChI is InChI=1S/C22H23ClN4O2/c1-13-25-21-18(6-3-7-24-21)22(26-13)27-11-14-8-19(28)20(9-15(14)12-27)29-17-5-2-4-16(23)10-17/h2-7,10,14-15,19-20,28H,8-9,11-12H2,1H3/t14-,15+,19+,20+/m0/s1. The fraction of sp³-hybridized carbons (Fsp3) is 0.409. The van der Waals surface area contributed by atoms with Crippen molar-refractivity contribution in [3.05, 3.63) is 53.4 Å². The molecule has 29 heavy (non-hydrogen) atoms. The van der Waals surface area contributed by atoms with Crippen LogP contribution < -0.4 is 9.64 Å². The zero-order valence-corrected chi connectivity index (χ0v) is 17.0. The van der Waals surface area contributed by atoms with Gasteiger partial charge in [-0.3, -0.25) is 0 Å². The summed E-state index contributed by atoms with van der Waals surface area (Å²) in [6, 6.07) is 11.3. The van der Waals surface area contributed by atoms with Crippen LogP contribution in [-0.2, 0) is 0 Å². The number of aromatic nitrogens is 3. The molecule has 7 heteroatoms. The summed E-state index contributed by atoms with van der Waals surface area (Å²) in [4.78, 5) is 15.9. The topological polar surface area (TPSA) is 71.4 Å². The number of aryl methyl sites for hydroxylation is 1. The molecule has 1 aliphatic carbocycles. The highest BCUT2D eigenvalue weighted by molar-refractivity contribution is 6.30. The van der Waals surface area contributed by atoms with Crippen molar-refractivity contribution in [2.45, 2.75) is 32.0 Å². The number of aliphatic hydroxyl groups is 1. The smallest absolute Gasteiger partial charge is 0.164 e. The Hall–Kier alpha value is -2.44. The summed E-state index contributed by atoms with van der Waals surface area (Å²) in [5.74, 6) is 3.24. The largest absolute Gasteiger partial charge is 0.488 e. The van der Waals surface area contributed by atoms with Crippen LogP contribution in [0.2, 0.25) is 5.02 Å². The van der Waals surface area contributed by atoms with E-state index in [-0.39, 0.29) is 6.10 Å². The van der Waals surface area contributed by atoms with Crippen molar-refractivity contribution in [3.63, 3.8) is 0 Å². The number of benzene rings is 1. The number of nitrogens with zero attached hydrogens (tertiary/aromatic N) is 4. The van der Waals surface area contributed by atoms with Crippen LogP contribution >= 0.6 is 11.6 Å². The van der Waals surface area contributed by atoms with E-state index in [1.807, 2.05) is 37.3 Å². The first-order valence-electron chi connectivity index (χ1n) is 10.0. The highest BCUT2D eigenvalue weighted by Gasteiger charge is 2.43. The molecular formula is C22H23ClN4O2. The molecule has 5 rings (SSSR count). The molecule has 0 unspecified atom stereocenters. The fourth-order valence-electron chi connectivity index (χ4n) is 4.70. The van der Waals surface area contributed by atoms with Crippen LogP contribution in [-0.4, -0.2) is 45.4 Å². The molecule has 3 aromatic rings. The summed E-state index contributed by atoms with van der Waals surface area (Å²) in [5.41, 5.74) is 0.729. The summed E-state index contributed by atoms with van der Waals surface area (Å²) in [6.45, 7) is 3.68. The van der Waals surface area contributed by atoms with Crippen molar-refractivity contribution in [2.75, 3.05) is 18.0 Å². The molecule has 2 aromatic heterocycles. The number of anilines is 1. The van der Waals surface area contributed by atoms with Crippen molar-refractivity contribution in [2.24, 2.45) is 11.8 Å². The molecule has 1 aromatic carbocycles. The number of hydrogen-bond donors (Lipinski definition) is 1. The molecule has 0 bridgehead atoms. The minimum absolute atomic E-state index is 0.222. The molecule has 1 saturated carbocycles. The Kier molecular flexibility index (Phi) is 4.76. The van der Waals surface area contributed by atoms with Gasteiger partial charge in [-0.15, -0.1) is 0 Å². The lowest BCUT2D eigenvalue weighted by Gasteiger charge is -2.35. The number of hydrogen-bond acceptors (Lipinski definition) is 6. The van der Waals surface area contributed by atoms with Crippen molar-refractivity contribution in [1.29, 1.82) is 0 Å². The second-order valence-corrected chi connectivity index (χ2v) is 8.48. The molecule has 0 amide bonds. The molecule has 1 N–H and O–H groups in total. The van der Waals surface area contributed by atoms with Gasteiger partial charge in [0.1, 0.15) is 23.5 Å². The lowest BCUT2D eigenvalue weighted by atomic mass is 9.78. The third kappa shape index (κ3) is 3.63. The monoisotopic (exact) mass is 410 g/mol. The van der Waals surface area contributed by atoms with E-state index in [1.165, 1.54) is 0 Å². The number of rotatable bonds is 3. The van der Waals surface area contributed by atoms with Gasteiger partial charge in [0, 0.05) is 24.3 Å². The maximum atomic E-state index is 10.7. The van der Waals surface area contributed by atoms with E-state index in [9.17, 15) is 5.11 Å². The molecule has 3 heterocycles. The zero-order valence-electron chi connectivity index (χ0n) is 16.2. The highest BCUT2D eigenvalue weighted by atomic mass is 35.5. The third-order valence-corrected chi connectivity index (χ3v) is 6.27. The first-order chi connectivity index (χ1) is 14.1. The van der Waals surface area contributed by atoms with Crippen molar-refractivity contribution in [1.82, 2.24) is 15.0 Å². The van der Waals surface area contributed by atoms with Gasteiger partial charge < -0.3 is 14.7 Å². The van der Waals surface area contributed by atoms with E-state index < -0.39 is 6.10 Å². The van der Waals surface area contributed by atoms with Gasteiger partial charge in [-0.05, 0) is 61.9 Å². The minimum atomic E-state index is -0.485. The Balaban J connectivity index is 1.36. The first-order valence-corrected chi connectivity index (χ1v) is 10.4. The van der Waals surface area contributed by atoms with E-state index in [1.54, 1.807) is 12.3 Å². The quantitative estimate of drug-likeness (QED) is 0.710. The van der Waals surface area contributed by atoms with Crippen molar-refractivity contribution in [3.8, 4) is 5.75 Å². The van der Waals surface area contributed by atoms with E-state index in [0.717, 1.165) is 48.6 Å². The summed E-state index contributed by atoms with van der Waals surface area (Å²) in [5, 5.41) is 12.3. The Morgan fingerprint density at radius 3 is 2.76 bits per heavy atom. The van der Waals surface area contributed by atoms with Gasteiger partial charge in [0.15, 0.2) is 5.65 Å². The van der Waals surface area contributed by atoms with E-state index in [4.69, 9.17) is 21.3 Å². The van der Waals surface area contributed by atoms with Crippen LogP contribution in [0.4, 0.5) is 5.82 Å². The minimum Gasteiger partial charge on any atom is -0.488 e. The van der Waals surface area contributed by atoms with E-state index in [2.05, 4.69) is 14.9 Å². The Labute approximate surface area is 174 Å². The lowest BCUT2D eigenvalue weighted by Crippen LogP contribution is -2.42. The molecule has 150 valence electrons. The molecule has 6 nitrogen and oxygen atoms in total. The van der Waals surface area contributed by atoms with Crippen LogP contribution in [0, 0.1) is 18.8 Å². The lowest BCUT2D eigenvalue weighted by molar-refractivity contribution is -0.0231. The maximum absolute atomic E-state index is 10.7. The molecule has 1 aliphatic heterocycles. The van der Waals surface area contributed by atoms with E-state index in [0.29, 0.717) is 22.6 Å². The predicted molar refractivity (Wildman–Crippen MR) is 112 cm³/mol. The maximum Gasteiger partial charge on any atom is 0.164 e. The molecule has 0 radical (unpaired) electrons. The molecule has 4 atom stereocenters. The molecule has 1 saturated heterocycles. The third-order valence-electron chi connectivity index (χ3n) is 6.03. The van der Waals surface area contributed by atoms with Crippen LogP contribution in [0.15, 0.2) is 42.6 Å². The Morgan fingerprint density at radius 2 is 1.93 bits per heavy atom. The first kappa shape index (κ1) is 18.6. The second kappa shape index (κ2) is 7.43. The van der Waals surface area contributed by atoms with Crippen LogP contribution in [0.5, 0.6) is 5.75 Å². The molecular weight excluding hydrogens is 388 g/mol. The number of ether oxygens (including phenoxy) is 1. The molecule has 2 fully saturated rings. The van der Waals surface area contributed by atoms with Crippen LogP contribution in [0.3, 0.4) is 0 Å².